The monoisotopic (exact) mass is 256 g/mol. The van der Waals surface area contributed by atoms with E-state index in [1.807, 2.05) is 19.2 Å². The van der Waals surface area contributed by atoms with Crippen LogP contribution in [0, 0.1) is 20.8 Å². The van der Waals surface area contributed by atoms with E-state index in [9.17, 15) is 0 Å². The third kappa shape index (κ3) is 3.05. The molecule has 0 spiro atoms. The predicted molar refractivity (Wildman–Crippen MR) is 78.8 cm³/mol. The van der Waals surface area contributed by atoms with Crippen LogP contribution in [0.1, 0.15) is 22.3 Å². The number of pyridine rings is 1. The zero-order chi connectivity index (χ0) is 13.8. The molecule has 0 amide bonds. The van der Waals surface area contributed by atoms with Crippen molar-refractivity contribution in [2.75, 3.05) is 12.4 Å². The van der Waals surface area contributed by atoms with Crippen LogP contribution in [-0.2, 0) is 6.61 Å². The van der Waals surface area contributed by atoms with Gasteiger partial charge in [-0.3, -0.25) is 0 Å². The molecule has 0 radical (unpaired) electrons. The summed E-state index contributed by atoms with van der Waals surface area (Å²) in [7, 11) is 1.87. The number of rotatable bonds is 4. The Balaban J connectivity index is 2.19. The fourth-order valence-corrected chi connectivity index (χ4v) is 2.09. The summed E-state index contributed by atoms with van der Waals surface area (Å²) in [6, 6.07) is 8.20. The Labute approximate surface area is 114 Å². The molecule has 3 nitrogen and oxygen atoms in total. The molecule has 0 aliphatic carbocycles. The molecular weight excluding hydrogens is 236 g/mol. The van der Waals surface area contributed by atoms with Gasteiger partial charge in [0.25, 0.3) is 0 Å². The van der Waals surface area contributed by atoms with Crippen molar-refractivity contribution in [1.82, 2.24) is 4.98 Å². The van der Waals surface area contributed by atoms with Crippen LogP contribution in [0.15, 0.2) is 30.5 Å². The molecule has 19 heavy (non-hydrogen) atoms. The molecule has 1 aromatic carbocycles. The van der Waals surface area contributed by atoms with E-state index in [1.165, 1.54) is 16.7 Å². The Morgan fingerprint density at radius 1 is 1.21 bits per heavy atom. The molecule has 0 bridgehead atoms. The zero-order valence-corrected chi connectivity index (χ0v) is 11.9. The molecule has 2 rings (SSSR count). The van der Waals surface area contributed by atoms with Gasteiger partial charge in [0.05, 0.1) is 0 Å². The van der Waals surface area contributed by atoms with E-state index in [4.69, 9.17) is 4.74 Å². The highest BCUT2D eigenvalue weighted by Crippen LogP contribution is 2.24. The van der Waals surface area contributed by atoms with Crippen molar-refractivity contribution in [2.24, 2.45) is 0 Å². The Morgan fingerprint density at radius 2 is 2.00 bits per heavy atom. The van der Waals surface area contributed by atoms with E-state index in [1.54, 1.807) is 6.20 Å². The summed E-state index contributed by atoms with van der Waals surface area (Å²) in [5.41, 5.74) is 4.73. The third-order valence-corrected chi connectivity index (χ3v) is 3.28. The second-order valence-electron chi connectivity index (χ2n) is 4.75. The molecule has 0 saturated carbocycles. The molecule has 2 aromatic rings. The van der Waals surface area contributed by atoms with Crippen molar-refractivity contribution >= 4 is 5.82 Å². The quantitative estimate of drug-likeness (QED) is 0.907. The largest absolute Gasteiger partial charge is 0.488 e. The van der Waals surface area contributed by atoms with E-state index in [2.05, 4.69) is 43.2 Å². The fraction of sp³-hybridized carbons (Fsp3) is 0.312. The number of hydrogen-bond donors (Lipinski definition) is 1. The van der Waals surface area contributed by atoms with Gasteiger partial charge in [0.2, 0.25) is 0 Å². The average molecular weight is 256 g/mol. The van der Waals surface area contributed by atoms with Crippen molar-refractivity contribution in [2.45, 2.75) is 27.4 Å². The van der Waals surface area contributed by atoms with Gasteiger partial charge in [0.1, 0.15) is 18.2 Å². The minimum atomic E-state index is 0.522. The lowest BCUT2D eigenvalue weighted by Gasteiger charge is -2.13. The lowest BCUT2D eigenvalue weighted by molar-refractivity contribution is 0.304. The highest BCUT2D eigenvalue weighted by Gasteiger charge is 2.06. The summed E-state index contributed by atoms with van der Waals surface area (Å²) < 4.78 is 5.95. The van der Waals surface area contributed by atoms with Crippen molar-refractivity contribution < 1.29 is 4.74 Å². The smallest absolute Gasteiger partial charge is 0.132 e. The number of aromatic nitrogens is 1. The van der Waals surface area contributed by atoms with E-state index < -0.39 is 0 Å². The van der Waals surface area contributed by atoms with E-state index >= 15 is 0 Å². The van der Waals surface area contributed by atoms with Crippen LogP contribution in [0.2, 0.25) is 0 Å². The van der Waals surface area contributed by atoms with Gasteiger partial charge in [-0.2, -0.15) is 0 Å². The van der Waals surface area contributed by atoms with Crippen LogP contribution in [-0.4, -0.2) is 12.0 Å². The lowest BCUT2D eigenvalue weighted by Crippen LogP contribution is -2.03. The van der Waals surface area contributed by atoms with Crippen LogP contribution in [0.4, 0.5) is 5.82 Å². The van der Waals surface area contributed by atoms with E-state index in [-0.39, 0.29) is 0 Å². The van der Waals surface area contributed by atoms with Crippen molar-refractivity contribution in [1.29, 1.82) is 0 Å². The standard InChI is InChI=1S/C16H20N2O/c1-11-8-12(2)13(3)15(9-11)19-10-14-6-5-7-18-16(14)17-4/h5-9H,10H2,1-4H3,(H,17,18). The van der Waals surface area contributed by atoms with Gasteiger partial charge in [0.15, 0.2) is 0 Å². The second-order valence-corrected chi connectivity index (χ2v) is 4.75. The number of nitrogens with zero attached hydrogens (tertiary/aromatic N) is 1. The number of benzene rings is 1. The Kier molecular flexibility index (Phi) is 4.05. The summed E-state index contributed by atoms with van der Waals surface area (Å²) in [6.07, 6.45) is 1.78. The molecule has 1 N–H and O–H groups in total. The van der Waals surface area contributed by atoms with Crippen LogP contribution < -0.4 is 10.1 Å². The van der Waals surface area contributed by atoms with Crippen molar-refractivity contribution in [3.63, 3.8) is 0 Å². The first kappa shape index (κ1) is 13.4. The molecule has 0 fully saturated rings. The van der Waals surface area contributed by atoms with Crippen LogP contribution in [0.3, 0.4) is 0 Å². The van der Waals surface area contributed by atoms with Gasteiger partial charge in [0, 0.05) is 18.8 Å². The highest BCUT2D eigenvalue weighted by atomic mass is 16.5. The molecule has 0 atom stereocenters. The molecule has 100 valence electrons. The average Bonchev–Trinajstić information content (AvgIpc) is 2.41. The van der Waals surface area contributed by atoms with Gasteiger partial charge < -0.3 is 10.1 Å². The molecule has 0 aliphatic heterocycles. The minimum absolute atomic E-state index is 0.522. The summed E-state index contributed by atoms with van der Waals surface area (Å²) in [5.74, 6) is 1.81. The molecule has 0 aliphatic rings. The number of anilines is 1. The summed E-state index contributed by atoms with van der Waals surface area (Å²) >= 11 is 0. The third-order valence-electron chi connectivity index (χ3n) is 3.28. The topological polar surface area (TPSA) is 34.2 Å². The SMILES string of the molecule is CNc1ncccc1COc1cc(C)cc(C)c1C. The minimum Gasteiger partial charge on any atom is -0.488 e. The zero-order valence-electron chi connectivity index (χ0n) is 11.9. The molecule has 1 heterocycles. The molecule has 3 heteroatoms. The second kappa shape index (κ2) is 5.74. The normalized spacial score (nSPS) is 10.3. The first-order chi connectivity index (χ1) is 9.11. The highest BCUT2D eigenvalue weighted by molar-refractivity contribution is 5.44. The first-order valence-electron chi connectivity index (χ1n) is 6.44. The first-order valence-corrected chi connectivity index (χ1v) is 6.44. The molecule has 1 aromatic heterocycles. The number of nitrogens with one attached hydrogen (secondary N) is 1. The van der Waals surface area contributed by atoms with Crippen LogP contribution in [0.25, 0.3) is 0 Å². The molecule has 0 saturated heterocycles. The van der Waals surface area contributed by atoms with Gasteiger partial charge in [-0.15, -0.1) is 0 Å². The van der Waals surface area contributed by atoms with Gasteiger partial charge >= 0.3 is 0 Å². The summed E-state index contributed by atoms with van der Waals surface area (Å²) in [6.45, 7) is 6.81. The molecule has 0 unspecified atom stereocenters. The van der Waals surface area contributed by atoms with Crippen LogP contribution in [0.5, 0.6) is 5.75 Å². The Hall–Kier alpha value is -2.03. The number of aryl methyl sites for hydroxylation is 2. The lowest BCUT2D eigenvalue weighted by atomic mass is 10.1. The molecular formula is C16H20N2O. The van der Waals surface area contributed by atoms with Crippen LogP contribution >= 0.6 is 0 Å². The summed E-state index contributed by atoms with van der Waals surface area (Å²) in [4.78, 5) is 4.28. The summed E-state index contributed by atoms with van der Waals surface area (Å²) in [5, 5.41) is 3.08. The number of hydrogen-bond acceptors (Lipinski definition) is 3. The van der Waals surface area contributed by atoms with Gasteiger partial charge in [-0.1, -0.05) is 12.1 Å². The maximum atomic E-state index is 5.95. The van der Waals surface area contributed by atoms with E-state index in [0.717, 1.165) is 17.1 Å². The van der Waals surface area contributed by atoms with Gasteiger partial charge in [-0.25, -0.2) is 4.98 Å². The number of ether oxygens (including phenoxy) is 1. The Morgan fingerprint density at radius 3 is 2.74 bits per heavy atom. The van der Waals surface area contributed by atoms with Crippen molar-refractivity contribution in [3.8, 4) is 5.75 Å². The fourth-order valence-electron chi connectivity index (χ4n) is 2.09. The van der Waals surface area contributed by atoms with Gasteiger partial charge in [-0.05, 0) is 49.6 Å². The van der Waals surface area contributed by atoms with Crippen molar-refractivity contribution in [3.05, 3.63) is 52.7 Å². The Bertz CT molecular complexity index is 579. The maximum absolute atomic E-state index is 5.95. The maximum Gasteiger partial charge on any atom is 0.132 e. The predicted octanol–water partition coefficient (Wildman–Crippen LogP) is 3.63. The van der Waals surface area contributed by atoms with E-state index in [0.29, 0.717) is 6.61 Å².